The molecule has 0 radical (unpaired) electrons. The molecule has 7 heteroatoms. The fraction of sp³-hybridized carbons (Fsp3) is 0.600. The minimum Gasteiger partial charge on any atom is -0.481 e. The lowest BCUT2D eigenvalue weighted by atomic mass is 9.72. The van der Waals surface area contributed by atoms with Gasteiger partial charge in [0.2, 0.25) is 0 Å². The molecule has 1 N–H and O–H groups in total. The van der Waals surface area contributed by atoms with E-state index in [4.69, 9.17) is 4.74 Å². The molecule has 2 aliphatic rings. The minimum atomic E-state index is -0.836. The van der Waals surface area contributed by atoms with Crippen LogP contribution in [-0.4, -0.2) is 58.2 Å². The Bertz CT molecular complexity index is 581. The lowest BCUT2D eigenvalue weighted by Crippen LogP contribution is -2.40. The van der Waals surface area contributed by atoms with Crippen LogP contribution in [0.5, 0.6) is 0 Å². The zero-order chi connectivity index (χ0) is 15.7. The van der Waals surface area contributed by atoms with Crippen LogP contribution < -0.4 is 0 Å². The number of carbonyl (C=O) groups is 2. The molecule has 22 heavy (non-hydrogen) atoms. The summed E-state index contributed by atoms with van der Waals surface area (Å²) in [6.45, 7) is 3.56. The van der Waals surface area contributed by atoms with Gasteiger partial charge in [-0.3, -0.25) is 9.59 Å². The predicted molar refractivity (Wildman–Crippen MR) is 76.3 cm³/mol. The summed E-state index contributed by atoms with van der Waals surface area (Å²) in [6.07, 6.45) is 4.35. The Balaban J connectivity index is 1.82. The van der Waals surface area contributed by atoms with Crippen LogP contribution in [0.15, 0.2) is 12.4 Å². The van der Waals surface area contributed by atoms with Crippen LogP contribution in [0, 0.1) is 18.3 Å². The molecule has 7 nitrogen and oxygen atoms in total. The van der Waals surface area contributed by atoms with Gasteiger partial charge in [-0.05, 0) is 19.8 Å². The van der Waals surface area contributed by atoms with E-state index in [9.17, 15) is 14.7 Å². The quantitative estimate of drug-likeness (QED) is 0.866. The predicted octanol–water partition coefficient (Wildman–Crippen LogP) is 0.738. The molecule has 1 amide bonds. The van der Waals surface area contributed by atoms with Crippen LogP contribution in [0.4, 0.5) is 0 Å². The van der Waals surface area contributed by atoms with Gasteiger partial charge in [0.05, 0.1) is 11.5 Å². The Kier molecular flexibility index (Phi) is 3.82. The molecule has 1 spiro atoms. The van der Waals surface area contributed by atoms with Gasteiger partial charge in [-0.1, -0.05) is 0 Å². The molecule has 0 saturated carbocycles. The van der Waals surface area contributed by atoms with Gasteiger partial charge in [-0.2, -0.15) is 0 Å². The molecule has 0 aliphatic carbocycles. The van der Waals surface area contributed by atoms with Crippen molar-refractivity contribution >= 4 is 11.9 Å². The third-order valence-corrected chi connectivity index (χ3v) is 4.75. The van der Waals surface area contributed by atoms with Crippen LogP contribution in [0.2, 0.25) is 0 Å². The Hall–Kier alpha value is -2.02. The molecule has 1 atom stereocenters. The van der Waals surface area contributed by atoms with Gasteiger partial charge >= 0.3 is 5.97 Å². The Morgan fingerprint density at radius 2 is 1.95 bits per heavy atom. The van der Waals surface area contributed by atoms with Gasteiger partial charge in [0.15, 0.2) is 0 Å². The zero-order valence-electron chi connectivity index (χ0n) is 12.5. The molecule has 2 aliphatic heterocycles. The van der Waals surface area contributed by atoms with Crippen LogP contribution in [0.1, 0.15) is 29.0 Å². The maximum Gasteiger partial charge on any atom is 0.308 e. The molecule has 0 bridgehead atoms. The van der Waals surface area contributed by atoms with Gasteiger partial charge < -0.3 is 14.7 Å². The largest absolute Gasteiger partial charge is 0.481 e. The first kappa shape index (κ1) is 14.9. The summed E-state index contributed by atoms with van der Waals surface area (Å²) in [5, 5.41) is 9.53. The molecule has 3 rings (SSSR count). The van der Waals surface area contributed by atoms with Crippen LogP contribution >= 0.6 is 0 Å². The number of nitrogens with zero attached hydrogens (tertiary/aromatic N) is 3. The van der Waals surface area contributed by atoms with Gasteiger partial charge in [0.1, 0.15) is 5.82 Å². The number of carbonyl (C=O) groups excluding carboxylic acids is 1. The molecular weight excluding hydrogens is 286 g/mol. The van der Waals surface area contributed by atoms with Crippen molar-refractivity contribution in [2.24, 2.45) is 11.3 Å². The van der Waals surface area contributed by atoms with Crippen molar-refractivity contribution in [3.63, 3.8) is 0 Å². The van der Waals surface area contributed by atoms with E-state index in [0.29, 0.717) is 44.0 Å². The van der Waals surface area contributed by atoms with Crippen molar-refractivity contribution in [2.45, 2.75) is 19.8 Å². The molecule has 0 aromatic carbocycles. The second kappa shape index (κ2) is 5.64. The normalized spacial score (nSPS) is 23.7. The first-order chi connectivity index (χ1) is 10.5. The molecule has 2 saturated heterocycles. The van der Waals surface area contributed by atoms with E-state index in [2.05, 4.69) is 9.97 Å². The summed E-state index contributed by atoms with van der Waals surface area (Å²) >= 11 is 0. The summed E-state index contributed by atoms with van der Waals surface area (Å²) in [6, 6.07) is 0. The number of aliphatic carboxylic acids is 1. The summed E-state index contributed by atoms with van der Waals surface area (Å²) in [7, 11) is 0. The highest BCUT2D eigenvalue weighted by Gasteiger charge is 2.52. The maximum atomic E-state index is 12.6. The Morgan fingerprint density at radius 1 is 1.32 bits per heavy atom. The number of ether oxygens (including phenoxy) is 1. The number of carboxylic acids is 1. The summed E-state index contributed by atoms with van der Waals surface area (Å²) < 4.78 is 5.36. The molecule has 1 aromatic rings. The van der Waals surface area contributed by atoms with Gasteiger partial charge in [0.25, 0.3) is 5.91 Å². The lowest BCUT2D eigenvalue weighted by molar-refractivity contribution is -0.146. The summed E-state index contributed by atoms with van der Waals surface area (Å²) in [5.41, 5.74) is 0.0320. The van der Waals surface area contributed by atoms with Crippen LogP contribution in [0.3, 0.4) is 0 Å². The van der Waals surface area contributed by atoms with E-state index >= 15 is 0 Å². The van der Waals surface area contributed by atoms with Crippen LogP contribution in [-0.2, 0) is 9.53 Å². The average Bonchev–Trinajstić information content (AvgIpc) is 2.87. The van der Waals surface area contributed by atoms with Crippen molar-refractivity contribution in [1.82, 2.24) is 14.9 Å². The Labute approximate surface area is 128 Å². The van der Waals surface area contributed by atoms with E-state index in [-0.39, 0.29) is 17.9 Å². The van der Waals surface area contributed by atoms with E-state index in [1.54, 1.807) is 11.8 Å². The minimum absolute atomic E-state index is 0.199. The van der Waals surface area contributed by atoms with E-state index in [1.807, 2.05) is 0 Å². The van der Waals surface area contributed by atoms with Gasteiger partial charge in [-0.15, -0.1) is 0 Å². The molecule has 118 valence electrons. The van der Waals surface area contributed by atoms with Crippen molar-refractivity contribution < 1.29 is 19.4 Å². The maximum absolute atomic E-state index is 12.6. The second-order valence-electron chi connectivity index (χ2n) is 6.07. The van der Waals surface area contributed by atoms with Crippen molar-refractivity contribution in [2.75, 3.05) is 26.3 Å². The number of amides is 1. The van der Waals surface area contributed by atoms with E-state index in [1.165, 1.54) is 12.4 Å². The van der Waals surface area contributed by atoms with Crippen molar-refractivity contribution in [3.05, 3.63) is 23.8 Å². The fourth-order valence-electron chi connectivity index (χ4n) is 3.43. The smallest absolute Gasteiger partial charge is 0.308 e. The number of likely N-dealkylation sites (tertiary alicyclic amines) is 1. The molecule has 1 aromatic heterocycles. The first-order valence-corrected chi connectivity index (χ1v) is 7.40. The standard InChI is InChI=1S/C15H19N3O4/c1-10-16-6-11(7-17-10)13(19)18-8-12(14(20)21)15(9-18)2-4-22-5-3-15/h6-7,12H,2-5,8-9H2,1H3,(H,20,21). The average molecular weight is 305 g/mol. The number of aryl methyl sites for hydroxylation is 1. The van der Waals surface area contributed by atoms with E-state index in [0.717, 1.165) is 0 Å². The number of rotatable bonds is 2. The third-order valence-electron chi connectivity index (χ3n) is 4.75. The fourth-order valence-corrected chi connectivity index (χ4v) is 3.43. The van der Waals surface area contributed by atoms with Crippen molar-refractivity contribution in [1.29, 1.82) is 0 Å². The lowest BCUT2D eigenvalue weighted by Gasteiger charge is -2.36. The topological polar surface area (TPSA) is 92.6 Å². The highest BCUT2D eigenvalue weighted by molar-refractivity contribution is 5.94. The molecule has 1 unspecified atom stereocenters. The monoisotopic (exact) mass is 305 g/mol. The number of hydrogen-bond acceptors (Lipinski definition) is 5. The zero-order valence-corrected chi connectivity index (χ0v) is 12.5. The van der Waals surface area contributed by atoms with Crippen molar-refractivity contribution in [3.8, 4) is 0 Å². The number of hydrogen-bond donors (Lipinski definition) is 1. The van der Waals surface area contributed by atoms with Gasteiger partial charge in [-0.25, -0.2) is 9.97 Å². The second-order valence-corrected chi connectivity index (χ2v) is 6.07. The summed E-state index contributed by atoms with van der Waals surface area (Å²) in [5.74, 6) is -0.971. The molecular formula is C15H19N3O4. The number of carboxylic acid groups (broad SMARTS) is 1. The van der Waals surface area contributed by atoms with E-state index < -0.39 is 11.9 Å². The highest BCUT2D eigenvalue weighted by Crippen LogP contribution is 2.44. The summed E-state index contributed by atoms with van der Waals surface area (Å²) in [4.78, 5) is 33.9. The molecule has 3 heterocycles. The highest BCUT2D eigenvalue weighted by atomic mass is 16.5. The Morgan fingerprint density at radius 3 is 2.55 bits per heavy atom. The molecule has 2 fully saturated rings. The first-order valence-electron chi connectivity index (χ1n) is 7.40. The van der Waals surface area contributed by atoms with Gasteiger partial charge in [0, 0.05) is 44.1 Å². The SMILES string of the molecule is Cc1ncc(C(=O)N2CC(C(=O)O)C3(CCOCC3)C2)cn1. The number of aromatic nitrogens is 2. The third kappa shape index (κ3) is 2.56. The van der Waals surface area contributed by atoms with Crippen LogP contribution in [0.25, 0.3) is 0 Å².